The van der Waals surface area contributed by atoms with E-state index in [0.29, 0.717) is 11.5 Å². The number of nitro benzene ring substituents is 1. The summed E-state index contributed by atoms with van der Waals surface area (Å²) in [7, 11) is 0. The molecule has 3 rings (SSSR count). The van der Waals surface area contributed by atoms with Gasteiger partial charge in [0.15, 0.2) is 0 Å². The molecule has 1 amide bonds. The molecule has 0 saturated heterocycles. The molecular formula is C16H17FN6O3. The van der Waals surface area contributed by atoms with Gasteiger partial charge >= 0.3 is 0 Å². The van der Waals surface area contributed by atoms with Gasteiger partial charge < -0.3 is 15.6 Å². The van der Waals surface area contributed by atoms with Crippen LogP contribution in [0, 0.1) is 15.9 Å². The Morgan fingerprint density at radius 3 is 2.92 bits per heavy atom. The number of imidazole rings is 1. The second-order valence-electron chi connectivity index (χ2n) is 6.25. The van der Waals surface area contributed by atoms with Gasteiger partial charge in [-0.3, -0.25) is 19.9 Å². The molecule has 2 heterocycles. The van der Waals surface area contributed by atoms with Crippen LogP contribution in [-0.4, -0.2) is 26.2 Å². The minimum Gasteiger partial charge on any atom is -0.382 e. The van der Waals surface area contributed by atoms with Crippen molar-refractivity contribution in [1.29, 1.82) is 0 Å². The fourth-order valence-corrected chi connectivity index (χ4v) is 2.99. The summed E-state index contributed by atoms with van der Waals surface area (Å²) >= 11 is 0. The molecule has 1 aliphatic rings. The van der Waals surface area contributed by atoms with E-state index in [1.54, 1.807) is 11.5 Å². The van der Waals surface area contributed by atoms with Gasteiger partial charge in [0.25, 0.3) is 5.69 Å². The summed E-state index contributed by atoms with van der Waals surface area (Å²) in [5.74, 6) is -0.148. The van der Waals surface area contributed by atoms with Crippen LogP contribution in [0.4, 0.5) is 10.1 Å². The molecule has 1 atom stereocenters. The number of halogens is 1. The number of rotatable bonds is 4. The Hall–Kier alpha value is -3.30. The van der Waals surface area contributed by atoms with Crippen LogP contribution in [0.2, 0.25) is 0 Å². The molecule has 26 heavy (non-hydrogen) atoms. The number of amides is 1. The van der Waals surface area contributed by atoms with Crippen LogP contribution in [0.25, 0.3) is 0 Å². The first-order valence-corrected chi connectivity index (χ1v) is 7.80. The number of non-ortho nitro benzene ring substituents is 1. The van der Waals surface area contributed by atoms with Crippen molar-refractivity contribution in [3.05, 3.63) is 57.4 Å². The lowest BCUT2D eigenvalue weighted by Gasteiger charge is -2.32. The van der Waals surface area contributed by atoms with E-state index < -0.39 is 16.3 Å². The zero-order chi connectivity index (χ0) is 19.1. The molecule has 0 bridgehead atoms. The van der Waals surface area contributed by atoms with E-state index in [1.165, 1.54) is 19.2 Å². The normalized spacial score (nSPS) is 18.8. The van der Waals surface area contributed by atoms with Crippen LogP contribution in [0.3, 0.4) is 0 Å². The summed E-state index contributed by atoms with van der Waals surface area (Å²) < 4.78 is 16.2. The number of aliphatic imine (C=N–C) groups is 1. The Morgan fingerprint density at radius 2 is 2.27 bits per heavy atom. The third-order valence-electron chi connectivity index (χ3n) is 4.27. The van der Waals surface area contributed by atoms with Crippen molar-refractivity contribution in [1.82, 2.24) is 14.9 Å². The first-order valence-electron chi connectivity index (χ1n) is 7.80. The van der Waals surface area contributed by atoms with Crippen LogP contribution in [0.1, 0.15) is 30.9 Å². The second-order valence-corrected chi connectivity index (χ2v) is 6.25. The largest absolute Gasteiger partial charge is 0.382 e. The predicted octanol–water partition coefficient (Wildman–Crippen LogP) is 1.20. The van der Waals surface area contributed by atoms with Gasteiger partial charge in [0.05, 0.1) is 24.2 Å². The summed E-state index contributed by atoms with van der Waals surface area (Å²) in [5.41, 5.74) is 5.26. The second kappa shape index (κ2) is 6.21. The van der Waals surface area contributed by atoms with Crippen molar-refractivity contribution >= 4 is 17.4 Å². The number of carbonyl (C=O) groups excluding carboxylic acids is 1. The number of nitrogens with one attached hydrogen (secondary N) is 1. The van der Waals surface area contributed by atoms with Crippen LogP contribution < -0.4 is 11.1 Å². The van der Waals surface area contributed by atoms with Crippen molar-refractivity contribution < 1.29 is 14.1 Å². The van der Waals surface area contributed by atoms with Gasteiger partial charge in [-0.25, -0.2) is 9.37 Å². The zero-order valence-corrected chi connectivity index (χ0v) is 14.2. The molecule has 0 unspecified atom stereocenters. The van der Waals surface area contributed by atoms with Gasteiger partial charge in [-0.1, -0.05) is 0 Å². The standard InChI is InChI=1S/C16H17FN6O3/c1-9(24)19-7-14-20-6-13-15(18)21-16(2,8-22(13)14)11-5-10(23(25)26)3-4-12(11)17/h3-6H,7-8H2,1-2H3,(H2,18,21)(H,19,24)/t16-/m0/s1. The fraction of sp³-hybridized carbons (Fsp3) is 0.312. The molecular weight excluding hydrogens is 343 g/mol. The highest BCUT2D eigenvalue weighted by Gasteiger charge is 2.36. The smallest absolute Gasteiger partial charge is 0.270 e. The highest BCUT2D eigenvalue weighted by molar-refractivity contribution is 5.96. The third kappa shape index (κ3) is 3.01. The number of hydrogen-bond acceptors (Lipinski definition) is 6. The van der Waals surface area contributed by atoms with Crippen molar-refractivity contribution in [3.8, 4) is 0 Å². The van der Waals surface area contributed by atoms with Gasteiger partial charge in [-0.15, -0.1) is 0 Å². The maximum absolute atomic E-state index is 14.4. The Balaban J connectivity index is 2.05. The number of amidine groups is 1. The molecule has 0 aliphatic carbocycles. The molecule has 1 aromatic carbocycles. The summed E-state index contributed by atoms with van der Waals surface area (Å²) in [4.78, 5) is 30.2. The first kappa shape index (κ1) is 17.5. The average Bonchev–Trinajstić information content (AvgIpc) is 2.95. The number of benzene rings is 1. The topological polar surface area (TPSA) is 128 Å². The lowest BCUT2D eigenvalue weighted by atomic mass is 9.90. The Kier molecular flexibility index (Phi) is 4.18. The van der Waals surface area contributed by atoms with Crippen molar-refractivity contribution in [2.24, 2.45) is 10.7 Å². The molecule has 1 aliphatic heterocycles. The summed E-state index contributed by atoms with van der Waals surface area (Å²) in [5, 5.41) is 13.7. The lowest BCUT2D eigenvalue weighted by Crippen LogP contribution is -2.38. The van der Waals surface area contributed by atoms with E-state index in [2.05, 4.69) is 15.3 Å². The lowest BCUT2D eigenvalue weighted by molar-refractivity contribution is -0.385. The minimum absolute atomic E-state index is 0.0690. The fourth-order valence-electron chi connectivity index (χ4n) is 2.99. The first-order chi connectivity index (χ1) is 12.2. The molecule has 0 saturated carbocycles. The van der Waals surface area contributed by atoms with Crippen LogP contribution in [0.15, 0.2) is 29.4 Å². The van der Waals surface area contributed by atoms with Crippen LogP contribution >= 0.6 is 0 Å². The zero-order valence-electron chi connectivity index (χ0n) is 14.2. The minimum atomic E-state index is -1.15. The van der Waals surface area contributed by atoms with Gasteiger partial charge in [-0.05, 0) is 13.0 Å². The van der Waals surface area contributed by atoms with E-state index in [4.69, 9.17) is 5.73 Å². The number of hydrogen-bond donors (Lipinski definition) is 2. The summed E-state index contributed by atoms with van der Waals surface area (Å²) in [6, 6.07) is 3.32. The van der Waals surface area contributed by atoms with Crippen molar-refractivity contribution in [3.63, 3.8) is 0 Å². The number of nitro groups is 1. The summed E-state index contributed by atoms with van der Waals surface area (Å²) in [6.07, 6.45) is 1.53. The van der Waals surface area contributed by atoms with Gasteiger partial charge in [0, 0.05) is 24.6 Å². The van der Waals surface area contributed by atoms with E-state index in [9.17, 15) is 19.3 Å². The maximum Gasteiger partial charge on any atom is 0.270 e. The summed E-state index contributed by atoms with van der Waals surface area (Å²) in [6.45, 7) is 3.39. The highest BCUT2D eigenvalue weighted by atomic mass is 19.1. The SMILES string of the molecule is CC(=O)NCc1ncc2n1C[C@@](C)(c1cc([N+](=O)[O-])ccc1F)N=C2N. The number of aromatic nitrogens is 2. The Labute approximate surface area is 147 Å². The number of nitrogens with two attached hydrogens (primary N) is 1. The Morgan fingerprint density at radius 1 is 1.54 bits per heavy atom. The number of carbonyl (C=O) groups is 1. The van der Waals surface area contributed by atoms with E-state index in [-0.39, 0.29) is 36.1 Å². The van der Waals surface area contributed by atoms with E-state index in [1.807, 2.05) is 0 Å². The Bertz CT molecular complexity index is 938. The average molecular weight is 360 g/mol. The molecule has 0 spiro atoms. The van der Waals surface area contributed by atoms with Gasteiger partial charge in [0.2, 0.25) is 5.91 Å². The van der Waals surface area contributed by atoms with Crippen molar-refractivity contribution in [2.75, 3.05) is 0 Å². The predicted molar refractivity (Wildman–Crippen MR) is 90.9 cm³/mol. The molecule has 9 nitrogen and oxygen atoms in total. The molecule has 0 fully saturated rings. The quantitative estimate of drug-likeness (QED) is 0.625. The van der Waals surface area contributed by atoms with Gasteiger partial charge in [-0.2, -0.15) is 0 Å². The molecule has 10 heteroatoms. The van der Waals surface area contributed by atoms with E-state index >= 15 is 0 Å². The highest BCUT2D eigenvalue weighted by Crippen LogP contribution is 2.35. The number of fused-ring (bicyclic) bond motifs is 1. The molecule has 3 N–H and O–H groups in total. The third-order valence-corrected chi connectivity index (χ3v) is 4.27. The molecule has 2 aromatic rings. The van der Waals surface area contributed by atoms with Crippen LogP contribution in [-0.2, 0) is 23.4 Å². The van der Waals surface area contributed by atoms with E-state index in [0.717, 1.165) is 12.1 Å². The van der Waals surface area contributed by atoms with Crippen molar-refractivity contribution in [2.45, 2.75) is 32.5 Å². The molecule has 0 radical (unpaired) electrons. The number of nitrogens with zero attached hydrogens (tertiary/aromatic N) is 4. The molecule has 1 aromatic heterocycles. The van der Waals surface area contributed by atoms with Gasteiger partial charge in [0.1, 0.15) is 28.7 Å². The maximum atomic E-state index is 14.4. The van der Waals surface area contributed by atoms with Crippen LogP contribution in [0.5, 0.6) is 0 Å². The molecule has 136 valence electrons. The monoisotopic (exact) mass is 360 g/mol.